The molecule has 2 heterocycles. The van der Waals surface area contributed by atoms with Crippen LogP contribution in [-0.2, 0) is 0 Å². The van der Waals surface area contributed by atoms with Gasteiger partial charge in [0, 0.05) is 25.2 Å². The number of hydrogen-bond acceptors (Lipinski definition) is 6. The predicted molar refractivity (Wildman–Crippen MR) is 86.3 cm³/mol. The number of tetrazole rings is 1. The monoisotopic (exact) mass is 315 g/mol. The Morgan fingerprint density at radius 1 is 1.26 bits per heavy atom. The molecule has 0 aliphatic carbocycles. The Morgan fingerprint density at radius 3 is 2.91 bits per heavy atom. The van der Waals surface area contributed by atoms with Crippen molar-refractivity contribution in [3.63, 3.8) is 0 Å². The van der Waals surface area contributed by atoms with Crippen LogP contribution in [-0.4, -0.2) is 58.9 Å². The van der Waals surface area contributed by atoms with Crippen molar-refractivity contribution in [3.8, 4) is 11.5 Å². The lowest BCUT2D eigenvalue weighted by Gasteiger charge is -2.26. The number of para-hydroxylation sites is 2. The number of methoxy groups -OCH3 is 1. The molecule has 0 amide bonds. The Kier molecular flexibility index (Phi) is 5.21. The van der Waals surface area contributed by atoms with E-state index in [9.17, 15) is 0 Å². The lowest BCUT2D eigenvalue weighted by atomic mass is 10.1. The topological polar surface area (TPSA) is 76.2 Å². The van der Waals surface area contributed by atoms with Crippen LogP contribution in [0.2, 0.25) is 0 Å². The van der Waals surface area contributed by atoms with Crippen LogP contribution in [0.3, 0.4) is 0 Å². The smallest absolute Gasteiger partial charge is 0.201 e. The molecule has 0 radical (unpaired) electrons. The Balaban J connectivity index is 1.44. The maximum atomic E-state index is 5.81. The molecule has 2 aromatic rings. The van der Waals surface area contributed by atoms with Crippen molar-refractivity contribution in [1.82, 2.24) is 25.5 Å². The van der Waals surface area contributed by atoms with Gasteiger partial charge in [-0.1, -0.05) is 18.2 Å². The minimum Gasteiger partial charge on any atom is -0.493 e. The predicted octanol–water partition coefficient (Wildman–Crippen LogP) is 1.77. The molecule has 1 aliphatic heterocycles. The summed E-state index contributed by atoms with van der Waals surface area (Å²) in [4.78, 5) is 2.39. The number of nitrogens with zero attached hydrogens (tertiary/aromatic N) is 4. The van der Waals surface area contributed by atoms with Gasteiger partial charge in [0.15, 0.2) is 11.5 Å². The first-order valence-electron chi connectivity index (χ1n) is 7.78. The summed E-state index contributed by atoms with van der Waals surface area (Å²) in [5.74, 6) is 2.26. The summed E-state index contributed by atoms with van der Waals surface area (Å²) < 4.78 is 11.1. The summed E-state index contributed by atoms with van der Waals surface area (Å²) in [5.41, 5.74) is 1.13. The standard InChI is InChI=1S/C16H21N5O2/c1-22-14-7-2-3-8-15(14)23-11-5-10-21-9-4-6-13(12-21)16-17-19-20-18-16/h2-3,6-8H,4-5,9-12H2,1H3,(H,17,18,19,20). The zero-order valence-corrected chi connectivity index (χ0v) is 13.2. The maximum absolute atomic E-state index is 5.81. The Labute approximate surface area is 135 Å². The Bertz CT molecular complexity index is 642. The molecule has 1 N–H and O–H groups in total. The van der Waals surface area contributed by atoms with Gasteiger partial charge in [0.2, 0.25) is 5.82 Å². The van der Waals surface area contributed by atoms with Crippen LogP contribution in [0.25, 0.3) is 5.57 Å². The number of ether oxygens (including phenoxy) is 2. The minimum absolute atomic E-state index is 0.665. The van der Waals surface area contributed by atoms with E-state index in [0.29, 0.717) is 12.4 Å². The van der Waals surface area contributed by atoms with Gasteiger partial charge in [-0.2, -0.15) is 5.21 Å². The fourth-order valence-electron chi connectivity index (χ4n) is 2.66. The van der Waals surface area contributed by atoms with Gasteiger partial charge in [0.05, 0.1) is 13.7 Å². The highest BCUT2D eigenvalue weighted by Crippen LogP contribution is 2.25. The molecule has 122 valence electrons. The first kappa shape index (κ1) is 15.5. The van der Waals surface area contributed by atoms with Crippen LogP contribution in [0.5, 0.6) is 11.5 Å². The molecule has 1 aliphatic rings. The van der Waals surface area contributed by atoms with Gasteiger partial charge in [-0.15, -0.1) is 10.2 Å². The third-order valence-corrected chi connectivity index (χ3v) is 3.81. The van der Waals surface area contributed by atoms with E-state index in [2.05, 4.69) is 31.6 Å². The van der Waals surface area contributed by atoms with E-state index in [1.807, 2.05) is 24.3 Å². The van der Waals surface area contributed by atoms with E-state index >= 15 is 0 Å². The zero-order chi connectivity index (χ0) is 15.9. The van der Waals surface area contributed by atoms with Gasteiger partial charge in [-0.25, -0.2) is 0 Å². The number of H-pyrrole nitrogens is 1. The molecule has 3 rings (SSSR count). The van der Waals surface area contributed by atoms with Crippen molar-refractivity contribution in [2.45, 2.75) is 12.8 Å². The van der Waals surface area contributed by atoms with E-state index in [0.717, 1.165) is 49.5 Å². The molecule has 0 fully saturated rings. The van der Waals surface area contributed by atoms with E-state index in [1.165, 1.54) is 0 Å². The Morgan fingerprint density at radius 2 is 2.13 bits per heavy atom. The molecule has 0 bridgehead atoms. The molecule has 1 aromatic heterocycles. The molecule has 7 heteroatoms. The quantitative estimate of drug-likeness (QED) is 0.785. The second kappa shape index (κ2) is 7.73. The highest BCUT2D eigenvalue weighted by molar-refractivity contribution is 5.61. The largest absolute Gasteiger partial charge is 0.493 e. The van der Waals surface area contributed by atoms with Crippen molar-refractivity contribution in [2.75, 3.05) is 33.4 Å². The van der Waals surface area contributed by atoms with Crippen molar-refractivity contribution in [1.29, 1.82) is 0 Å². The molecule has 0 saturated carbocycles. The molecule has 23 heavy (non-hydrogen) atoms. The zero-order valence-electron chi connectivity index (χ0n) is 13.2. The van der Waals surface area contributed by atoms with Crippen molar-refractivity contribution >= 4 is 5.57 Å². The van der Waals surface area contributed by atoms with Crippen LogP contribution in [0.1, 0.15) is 18.7 Å². The lowest BCUT2D eigenvalue weighted by Crippen LogP contribution is -2.31. The van der Waals surface area contributed by atoms with Crippen molar-refractivity contribution < 1.29 is 9.47 Å². The van der Waals surface area contributed by atoms with Gasteiger partial charge < -0.3 is 9.47 Å². The number of nitrogens with one attached hydrogen (secondary N) is 1. The van der Waals surface area contributed by atoms with Crippen molar-refractivity contribution in [3.05, 3.63) is 36.2 Å². The molecule has 0 spiro atoms. The number of hydrogen-bond donors (Lipinski definition) is 1. The second-order valence-electron chi connectivity index (χ2n) is 5.38. The van der Waals surface area contributed by atoms with E-state index in [1.54, 1.807) is 7.11 Å². The lowest BCUT2D eigenvalue weighted by molar-refractivity contribution is 0.243. The molecule has 0 saturated heterocycles. The second-order valence-corrected chi connectivity index (χ2v) is 5.38. The molecular formula is C16H21N5O2. The molecular weight excluding hydrogens is 294 g/mol. The highest BCUT2D eigenvalue weighted by Gasteiger charge is 2.16. The number of rotatable bonds is 7. The summed E-state index contributed by atoms with van der Waals surface area (Å²) in [7, 11) is 1.65. The first-order valence-corrected chi connectivity index (χ1v) is 7.78. The first-order chi connectivity index (χ1) is 11.4. The highest BCUT2D eigenvalue weighted by atomic mass is 16.5. The van der Waals surface area contributed by atoms with Gasteiger partial charge in [-0.05, 0) is 30.2 Å². The number of aromatic amines is 1. The normalized spacial score (nSPS) is 15.3. The minimum atomic E-state index is 0.665. The third kappa shape index (κ3) is 4.07. The molecule has 0 unspecified atom stereocenters. The molecule has 1 aromatic carbocycles. The Hall–Kier alpha value is -2.41. The summed E-state index contributed by atoms with van der Waals surface area (Å²) in [6.45, 7) is 3.55. The van der Waals surface area contributed by atoms with Crippen LogP contribution in [0, 0.1) is 0 Å². The fourth-order valence-corrected chi connectivity index (χ4v) is 2.66. The summed E-state index contributed by atoms with van der Waals surface area (Å²) in [6.07, 6.45) is 4.15. The maximum Gasteiger partial charge on any atom is 0.201 e. The SMILES string of the molecule is COc1ccccc1OCCCN1CCC=C(c2nn[nH]n2)C1. The van der Waals surface area contributed by atoms with Crippen LogP contribution >= 0.6 is 0 Å². The van der Waals surface area contributed by atoms with Gasteiger partial charge in [0.1, 0.15) is 0 Å². The summed E-state index contributed by atoms with van der Waals surface area (Å²) >= 11 is 0. The molecule has 7 nitrogen and oxygen atoms in total. The number of benzene rings is 1. The average molecular weight is 315 g/mol. The van der Waals surface area contributed by atoms with Crippen LogP contribution in [0.15, 0.2) is 30.3 Å². The van der Waals surface area contributed by atoms with E-state index in [4.69, 9.17) is 9.47 Å². The van der Waals surface area contributed by atoms with Crippen molar-refractivity contribution in [2.24, 2.45) is 0 Å². The van der Waals surface area contributed by atoms with Gasteiger partial charge >= 0.3 is 0 Å². The summed E-state index contributed by atoms with van der Waals surface area (Å²) in [5, 5.41) is 14.2. The van der Waals surface area contributed by atoms with Crippen LogP contribution in [0.4, 0.5) is 0 Å². The summed E-state index contributed by atoms with van der Waals surface area (Å²) in [6, 6.07) is 7.72. The average Bonchev–Trinajstić information content (AvgIpc) is 3.14. The van der Waals surface area contributed by atoms with Gasteiger partial charge in [-0.3, -0.25) is 4.90 Å². The van der Waals surface area contributed by atoms with Gasteiger partial charge in [0.25, 0.3) is 0 Å². The number of aromatic nitrogens is 4. The van der Waals surface area contributed by atoms with E-state index in [-0.39, 0.29) is 0 Å². The third-order valence-electron chi connectivity index (χ3n) is 3.81. The van der Waals surface area contributed by atoms with Crippen LogP contribution < -0.4 is 9.47 Å². The molecule has 0 atom stereocenters. The fraction of sp³-hybridized carbons (Fsp3) is 0.438. The van der Waals surface area contributed by atoms with E-state index < -0.39 is 0 Å².